The predicted molar refractivity (Wildman–Crippen MR) is 264 cm³/mol. The SMILES string of the molecule is CCCNC(=O)C1=Cc2ccc(-c3ccc(C(=O)NCCOCCOCCOCCOCCOCCOCCOCCOCCOCCOCCC(=O)Oc4c(F)c(F)c(S(=O)(=O)O)c(F)c4F)nc3)cc2N=C(N)C1. The molecule has 2 amide bonds. The summed E-state index contributed by atoms with van der Waals surface area (Å²) in [4.78, 5) is 43.6. The number of benzene rings is 2. The molecular weight excluding hydrogens is 1040 g/mol. The molecule has 0 unspecified atom stereocenters. The van der Waals surface area contributed by atoms with Gasteiger partial charge in [0.15, 0.2) is 16.5 Å². The summed E-state index contributed by atoms with van der Waals surface area (Å²) in [7, 11) is -5.65. The Balaban J connectivity index is 0.847. The first-order valence-electron chi connectivity index (χ1n) is 24.2. The second kappa shape index (κ2) is 35.7. The minimum absolute atomic E-state index is 0.0172. The number of halogens is 4. The number of ether oxygens (including phenoxy) is 11. The number of esters is 1. The van der Waals surface area contributed by atoms with E-state index in [1.807, 2.05) is 37.3 Å². The van der Waals surface area contributed by atoms with E-state index in [9.17, 15) is 40.4 Å². The highest BCUT2D eigenvalue weighted by molar-refractivity contribution is 7.85. The third-order valence-corrected chi connectivity index (χ3v) is 11.0. The molecule has 0 atom stereocenters. The molecule has 0 bridgehead atoms. The number of nitrogens with two attached hydrogens (primary N) is 1. The lowest BCUT2D eigenvalue weighted by Crippen LogP contribution is -2.28. The fourth-order valence-electron chi connectivity index (χ4n) is 6.40. The Morgan fingerprint density at radius 3 is 1.50 bits per heavy atom. The minimum atomic E-state index is -5.65. The Kier molecular flexibility index (Phi) is 29.6. The van der Waals surface area contributed by atoms with Crippen LogP contribution in [0.3, 0.4) is 0 Å². The fraction of sp³-hybridized carbons (Fsp3) is 0.531. The van der Waals surface area contributed by atoms with E-state index < -0.39 is 56.4 Å². The zero-order valence-corrected chi connectivity index (χ0v) is 42.9. The molecule has 4 rings (SSSR count). The Morgan fingerprint density at radius 2 is 1.05 bits per heavy atom. The third-order valence-electron chi connectivity index (χ3n) is 10.1. The normalized spacial score (nSPS) is 12.4. The number of rotatable bonds is 40. The van der Waals surface area contributed by atoms with Gasteiger partial charge < -0.3 is 68.5 Å². The van der Waals surface area contributed by atoms with Crippen molar-refractivity contribution in [2.45, 2.75) is 31.1 Å². The first kappa shape index (κ1) is 63.0. The summed E-state index contributed by atoms with van der Waals surface area (Å²) in [6.45, 7) is 8.77. The van der Waals surface area contributed by atoms with E-state index in [4.69, 9.17) is 57.7 Å². The van der Waals surface area contributed by atoms with E-state index in [1.165, 1.54) is 0 Å². The Hall–Kier alpha value is -5.56. The maximum atomic E-state index is 14.0. The average Bonchev–Trinajstić information content (AvgIpc) is 3.57. The molecule has 0 saturated heterocycles. The summed E-state index contributed by atoms with van der Waals surface area (Å²) in [6.07, 6.45) is 3.94. The standard InChI is InChI=1S/C49H65F4N5O17S/c1-2-8-55-48(60)37-30-35-4-3-34(31-39(35)58-40(54)32-37)36-5-6-38(57-33-36)49(61)56-9-11-66-13-15-68-17-19-70-21-23-72-25-27-74-29-28-73-26-24-71-22-20-69-18-16-67-14-12-65-10-7-41(59)75-46-42(50)44(52)47(76(62,63)64)45(53)43(46)51/h3-6,30-31,33H,2,7-29,32H2,1H3,(H2,54,58)(H,55,60)(H,56,61)(H,62,63,64). The molecule has 1 aromatic heterocycles. The molecule has 2 heterocycles. The molecule has 0 radical (unpaired) electrons. The van der Waals surface area contributed by atoms with Crippen molar-refractivity contribution in [1.29, 1.82) is 0 Å². The summed E-state index contributed by atoms with van der Waals surface area (Å²) in [5.74, 6) is -12.8. The fourth-order valence-corrected chi connectivity index (χ4v) is 7.04. The van der Waals surface area contributed by atoms with Crippen LogP contribution in [0.4, 0.5) is 23.2 Å². The zero-order valence-electron chi connectivity index (χ0n) is 42.1. The summed E-state index contributed by atoms with van der Waals surface area (Å²) in [6, 6.07) is 9.13. The first-order valence-corrected chi connectivity index (χ1v) is 25.7. The summed E-state index contributed by atoms with van der Waals surface area (Å²) >= 11 is 0. The summed E-state index contributed by atoms with van der Waals surface area (Å²) in [5, 5.41) is 5.68. The van der Waals surface area contributed by atoms with E-state index >= 15 is 0 Å². The number of nitrogens with one attached hydrogen (secondary N) is 2. The van der Waals surface area contributed by atoms with Crippen LogP contribution < -0.4 is 21.1 Å². The quantitative estimate of drug-likeness (QED) is 0.0158. The molecule has 0 aliphatic carbocycles. The number of aliphatic imine (C=N–C) groups is 1. The lowest BCUT2D eigenvalue weighted by atomic mass is 10.0. The molecule has 0 saturated carbocycles. The van der Waals surface area contributed by atoms with Gasteiger partial charge in [-0.05, 0) is 30.2 Å². The number of nitrogens with zero attached hydrogens (tertiary/aromatic N) is 2. The van der Waals surface area contributed by atoms with Crippen molar-refractivity contribution in [3.8, 4) is 16.9 Å². The van der Waals surface area contributed by atoms with Crippen molar-refractivity contribution in [1.82, 2.24) is 15.6 Å². The predicted octanol–water partition coefficient (Wildman–Crippen LogP) is 3.75. The number of pyridine rings is 1. The highest BCUT2D eigenvalue weighted by Gasteiger charge is 2.34. The van der Waals surface area contributed by atoms with Crippen LogP contribution in [-0.4, -0.2) is 187 Å². The Labute approximate surface area is 437 Å². The van der Waals surface area contributed by atoms with Crippen LogP contribution in [0.15, 0.2) is 52.0 Å². The van der Waals surface area contributed by atoms with Gasteiger partial charge in [-0.15, -0.1) is 0 Å². The number of amidine groups is 1. The van der Waals surface area contributed by atoms with E-state index in [2.05, 4.69) is 25.3 Å². The Bertz CT molecular complexity index is 2430. The number of carbonyl (C=O) groups excluding carboxylic acids is 3. The number of carbonyl (C=O) groups is 3. The van der Waals surface area contributed by atoms with Gasteiger partial charge in [0, 0.05) is 42.4 Å². The molecule has 1 aliphatic rings. The monoisotopic (exact) mass is 1100 g/mol. The largest absolute Gasteiger partial charge is 0.420 e. The topological polar surface area (TPSA) is 282 Å². The number of aromatic nitrogens is 1. The van der Waals surface area contributed by atoms with Gasteiger partial charge in [0.05, 0.1) is 144 Å². The summed E-state index contributed by atoms with van der Waals surface area (Å²) in [5.41, 5.74) is 10.0. The van der Waals surface area contributed by atoms with Gasteiger partial charge in [-0.25, -0.2) is 13.8 Å². The van der Waals surface area contributed by atoms with Crippen molar-refractivity contribution in [2.24, 2.45) is 10.7 Å². The number of hydrogen-bond donors (Lipinski definition) is 4. The van der Waals surface area contributed by atoms with Gasteiger partial charge in [0.25, 0.3) is 5.91 Å². The van der Waals surface area contributed by atoms with Crippen LogP contribution in [0.25, 0.3) is 17.2 Å². The van der Waals surface area contributed by atoms with Crippen molar-refractivity contribution in [3.05, 3.63) is 76.6 Å². The zero-order chi connectivity index (χ0) is 55.0. The van der Waals surface area contributed by atoms with Crippen molar-refractivity contribution in [3.63, 3.8) is 0 Å². The van der Waals surface area contributed by atoms with E-state index in [-0.39, 0.29) is 57.0 Å². The smallest absolute Gasteiger partial charge is 0.313 e. The molecular formula is C49H65F4N5O17S. The molecule has 0 spiro atoms. The summed E-state index contributed by atoms with van der Waals surface area (Å²) < 4.78 is 145. The van der Waals surface area contributed by atoms with Gasteiger partial charge in [-0.1, -0.05) is 25.1 Å². The van der Waals surface area contributed by atoms with Crippen molar-refractivity contribution >= 4 is 45.5 Å². The highest BCUT2D eigenvalue weighted by Crippen LogP contribution is 2.33. The van der Waals surface area contributed by atoms with E-state index in [0.29, 0.717) is 129 Å². The number of fused-ring (bicyclic) bond motifs is 1. The van der Waals surface area contributed by atoms with Crippen molar-refractivity contribution < 1.29 is 97.0 Å². The van der Waals surface area contributed by atoms with Gasteiger partial charge in [0.1, 0.15) is 11.5 Å². The lowest BCUT2D eigenvalue weighted by Gasteiger charge is -2.11. The molecule has 76 heavy (non-hydrogen) atoms. The van der Waals surface area contributed by atoms with Gasteiger partial charge in [-0.3, -0.25) is 23.9 Å². The van der Waals surface area contributed by atoms with Crippen LogP contribution in [0.5, 0.6) is 5.75 Å². The molecule has 27 heteroatoms. The molecule has 2 aromatic carbocycles. The highest BCUT2D eigenvalue weighted by atomic mass is 32.2. The Morgan fingerprint density at radius 1 is 0.605 bits per heavy atom. The average molecular weight is 1100 g/mol. The third kappa shape index (κ3) is 23.4. The maximum Gasteiger partial charge on any atom is 0.313 e. The first-order chi connectivity index (χ1) is 36.7. The van der Waals surface area contributed by atoms with Crippen LogP contribution in [-0.2, 0) is 67.1 Å². The molecule has 22 nitrogen and oxygen atoms in total. The van der Waals surface area contributed by atoms with Crippen LogP contribution in [0.1, 0.15) is 42.2 Å². The molecule has 422 valence electrons. The van der Waals surface area contributed by atoms with Crippen molar-refractivity contribution in [2.75, 3.05) is 145 Å². The second-order valence-electron chi connectivity index (χ2n) is 15.9. The number of hydrogen-bond acceptors (Lipinski definition) is 19. The van der Waals surface area contributed by atoms with Gasteiger partial charge in [-0.2, -0.15) is 17.2 Å². The van der Waals surface area contributed by atoms with Crippen LogP contribution in [0.2, 0.25) is 0 Å². The lowest BCUT2D eigenvalue weighted by molar-refractivity contribution is -0.136. The van der Waals surface area contributed by atoms with Gasteiger partial charge in [0.2, 0.25) is 23.3 Å². The molecule has 5 N–H and O–H groups in total. The molecule has 1 aliphatic heterocycles. The minimum Gasteiger partial charge on any atom is -0.420 e. The van der Waals surface area contributed by atoms with Gasteiger partial charge >= 0.3 is 16.1 Å². The second-order valence-corrected chi connectivity index (χ2v) is 17.3. The van der Waals surface area contributed by atoms with E-state index in [0.717, 1.165) is 23.1 Å². The maximum absolute atomic E-state index is 14.0. The van der Waals surface area contributed by atoms with E-state index in [1.54, 1.807) is 12.3 Å². The number of amides is 2. The molecule has 0 fully saturated rings. The van der Waals surface area contributed by atoms with Crippen LogP contribution in [0, 0.1) is 23.3 Å². The molecule has 3 aromatic rings. The van der Waals surface area contributed by atoms with Crippen LogP contribution >= 0.6 is 0 Å².